The minimum absolute atomic E-state index is 0.142. The van der Waals surface area contributed by atoms with Gasteiger partial charge in [0.2, 0.25) is 0 Å². The standard InChI is InChI=1S/C15H30O4S/c1-5-15(6-2,20(16,17)11-13(3)4)12-19-14-9-7-8-10-18-14/h13-14H,5-12H2,1-4H3. The largest absolute Gasteiger partial charge is 0.353 e. The summed E-state index contributed by atoms with van der Waals surface area (Å²) in [6, 6.07) is 0. The molecule has 0 aliphatic carbocycles. The molecular weight excluding hydrogens is 276 g/mol. The Morgan fingerprint density at radius 3 is 2.35 bits per heavy atom. The quantitative estimate of drug-likeness (QED) is 0.691. The Morgan fingerprint density at radius 1 is 1.25 bits per heavy atom. The lowest BCUT2D eigenvalue weighted by molar-refractivity contribution is -0.167. The van der Waals surface area contributed by atoms with E-state index >= 15 is 0 Å². The summed E-state index contributed by atoms with van der Waals surface area (Å²) in [4.78, 5) is 0. The molecule has 1 aliphatic rings. The SMILES string of the molecule is CCC(CC)(COC1CCCCO1)S(=O)(=O)CC(C)C. The van der Waals surface area contributed by atoms with Gasteiger partial charge in [-0.25, -0.2) is 8.42 Å². The molecule has 1 saturated heterocycles. The van der Waals surface area contributed by atoms with Crippen molar-refractivity contribution < 1.29 is 17.9 Å². The van der Waals surface area contributed by atoms with Gasteiger partial charge < -0.3 is 9.47 Å². The fourth-order valence-electron chi connectivity index (χ4n) is 2.69. The maximum Gasteiger partial charge on any atom is 0.158 e. The molecule has 4 nitrogen and oxygen atoms in total. The smallest absolute Gasteiger partial charge is 0.158 e. The van der Waals surface area contributed by atoms with Crippen LogP contribution in [0.15, 0.2) is 0 Å². The van der Waals surface area contributed by atoms with Crippen LogP contribution in [-0.2, 0) is 19.3 Å². The summed E-state index contributed by atoms with van der Waals surface area (Å²) in [5, 5.41) is 0. The van der Waals surface area contributed by atoms with Crippen LogP contribution in [0.4, 0.5) is 0 Å². The topological polar surface area (TPSA) is 52.6 Å². The molecule has 5 heteroatoms. The predicted octanol–water partition coefficient (Wildman–Crippen LogP) is 3.16. The zero-order valence-electron chi connectivity index (χ0n) is 13.4. The number of ether oxygens (including phenoxy) is 2. The van der Waals surface area contributed by atoms with Crippen LogP contribution in [0.5, 0.6) is 0 Å². The summed E-state index contributed by atoms with van der Waals surface area (Å²) < 4.78 is 35.9. The molecule has 1 heterocycles. The Hall–Kier alpha value is -0.130. The van der Waals surface area contributed by atoms with E-state index in [0.717, 1.165) is 19.3 Å². The third kappa shape index (κ3) is 4.43. The van der Waals surface area contributed by atoms with Gasteiger partial charge in [0.15, 0.2) is 16.1 Å². The number of hydrogen-bond donors (Lipinski definition) is 0. The van der Waals surface area contributed by atoms with Gasteiger partial charge in [-0.15, -0.1) is 0 Å². The van der Waals surface area contributed by atoms with Gasteiger partial charge in [0.25, 0.3) is 0 Å². The van der Waals surface area contributed by atoms with E-state index in [2.05, 4.69) is 0 Å². The van der Waals surface area contributed by atoms with Crippen molar-refractivity contribution in [2.45, 2.75) is 70.8 Å². The maximum absolute atomic E-state index is 12.7. The molecule has 0 spiro atoms. The van der Waals surface area contributed by atoms with Crippen LogP contribution in [0.3, 0.4) is 0 Å². The Bertz CT molecular complexity index is 365. The van der Waals surface area contributed by atoms with Crippen molar-refractivity contribution in [3.63, 3.8) is 0 Å². The molecule has 1 unspecified atom stereocenters. The molecule has 0 amide bonds. The van der Waals surface area contributed by atoms with E-state index in [9.17, 15) is 8.42 Å². The van der Waals surface area contributed by atoms with E-state index in [0.29, 0.717) is 19.4 Å². The Labute approximate surface area is 124 Å². The van der Waals surface area contributed by atoms with Crippen molar-refractivity contribution in [1.29, 1.82) is 0 Å². The second kappa shape index (κ2) is 7.76. The zero-order chi connectivity index (χ0) is 15.2. The molecule has 0 aromatic rings. The lowest BCUT2D eigenvalue weighted by Gasteiger charge is -2.34. The van der Waals surface area contributed by atoms with E-state index in [-0.39, 0.29) is 24.6 Å². The lowest BCUT2D eigenvalue weighted by Crippen LogP contribution is -2.45. The Kier molecular flexibility index (Phi) is 6.95. The molecule has 0 aromatic heterocycles. The average Bonchev–Trinajstić information content (AvgIpc) is 2.40. The van der Waals surface area contributed by atoms with E-state index in [1.54, 1.807) is 0 Å². The van der Waals surface area contributed by atoms with Gasteiger partial charge >= 0.3 is 0 Å². The Morgan fingerprint density at radius 2 is 1.90 bits per heavy atom. The van der Waals surface area contributed by atoms with Gasteiger partial charge in [0, 0.05) is 6.61 Å². The van der Waals surface area contributed by atoms with Crippen molar-refractivity contribution in [2.75, 3.05) is 19.0 Å². The van der Waals surface area contributed by atoms with Crippen molar-refractivity contribution in [2.24, 2.45) is 5.92 Å². The highest BCUT2D eigenvalue weighted by atomic mass is 32.2. The first-order valence-electron chi connectivity index (χ1n) is 7.82. The van der Waals surface area contributed by atoms with Crippen LogP contribution >= 0.6 is 0 Å². The van der Waals surface area contributed by atoms with Crippen molar-refractivity contribution in [1.82, 2.24) is 0 Å². The third-order valence-electron chi connectivity index (χ3n) is 4.17. The minimum atomic E-state index is -3.16. The molecule has 0 aromatic carbocycles. The van der Waals surface area contributed by atoms with Crippen LogP contribution < -0.4 is 0 Å². The highest BCUT2D eigenvalue weighted by Gasteiger charge is 2.41. The first-order valence-corrected chi connectivity index (χ1v) is 9.47. The number of rotatable bonds is 8. The molecule has 1 aliphatic heterocycles. The molecular formula is C15H30O4S. The molecule has 120 valence electrons. The normalized spacial score (nSPS) is 21.4. The summed E-state index contributed by atoms with van der Waals surface area (Å²) in [5.41, 5.74) is 0. The molecule has 0 saturated carbocycles. The van der Waals surface area contributed by atoms with E-state index in [4.69, 9.17) is 9.47 Å². The zero-order valence-corrected chi connectivity index (χ0v) is 14.2. The van der Waals surface area contributed by atoms with Gasteiger partial charge in [0.1, 0.15) is 0 Å². The maximum atomic E-state index is 12.7. The predicted molar refractivity (Wildman–Crippen MR) is 81.5 cm³/mol. The highest BCUT2D eigenvalue weighted by Crippen LogP contribution is 2.30. The fourth-order valence-corrected chi connectivity index (χ4v) is 5.05. The van der Waals surface area contributed by atoms with Crippen molar-refractivity contribution in [3.8, 4) is 0 Å². The van der Waals surface area contributed by atoms with Crippen molar-refractivity contribution in [3.05, 3.63) is 0 Å². The summed E-state index contributed by atoms with van der Waals surface area (Å²) in [6.07, 6.45) is 3.98. The van der Waals surface area contributed by atoms with E-state index in [1.165, 1.54) is 0 Å². The van der Waals surface area contributed by atoms with Crippen LogP contribution in [0.1, 0.15) is 59.8 Å². The number of hydrogen-bond acceptors (Lipinski definition) is 4. The monoisotopic (exact) mass is 306 g/mol. The van der Waals surface area contributed by atoms with Gasteiger partial charge in [-0.05, 0) is 38.0 Å². The first kappa shape index (κ1) is 17.9. The average molecular weight is 306 g/mol. The second-order valence-electron chi connectivity index (χ2n) is 6.17. The Balaban J connectivity index is 2.74. The summed E-state index contributed by atoms with van der Waals surface area (Å²) in [5.74, 6) is 0.368. The number of sulfone groups is 1. The third-order valence-corrected chi connectivity index (χ3v) is 7.29. The molecule has 0 bridgehead atoms. The molecule has 1 fully saturated rings. The molecule has 0 radical (unpaired) electrons. The summed E-state index contributed by atoms with van der Waals surface area (Å²) >= 11 is 0. The summed E-state index contributed by atoms with van der Waals surface area (Å²) in [6.45, 7) is 8.73. The molecule has 20 heavy (non-hydrogen) atoms. The molecule has 1 rings (SSSR count). The summed E-state index contributed by atoms with van der Waals surface area (Å²) in [7, 11) is -3.16. The van der Waals surface area contributed by atoms with Gasteiger partial charge in [-0.1, -0.05) is 27.7 Å². The van der Waals surface area contributed by atoms with Crippen LogP contribution in [0.25, 0.3) is 0 Å². The lowest BCUT2D eigenvalue weighted by atomic mass is 10.0. The highest BCUT2D eigenvalue weighted by molar-refractivity contribution is 7.92. The molecule has 1 atom stereocenters. The van der Waals surface area contributed by atoms with Gasteiger partial charge in [-0.3, -0.25) is 0 Å². The van der Waals surface area contributed by atoms with Crippen LogP contribution in [0, 0.1) is 5.92 Å². The fraction of sp³-hybridized carbons (Fsp3) is 1.00. The van der Waals surface area contributed by atoms with Gasteiger partial charge in [-0.2, -0.15) is 0 Å². The van der Waals surface area contributed by atoms with E-state index < -0.39 is 14.6 Å². The van der Waals surface area contributed by atoms with Crippen molar-refractivity contribution >= 4 is 9.84 Å². The van der Waals surface area contributed by atoms with Gasteiger partial charge in [0.05, 0.1) is 17.1 Å². The minimum Gasteiger partial charge on any atom is -0.353 e. The molecule has 0 N–H and O–H groups in total. The van der Waals surface area contributed by atoms with Crippen LogP contribution in [-0.4, -0.2) is 38.4 Å². The second-order valence-corrected chi connectivity index (χ2v) is 8.60. The van der Waals surface area contributed by atoms with Crippen LogP contribution in [0.2, 0.25) is 0 Å². The van der Waals surface area contributed by atoms with E-state index in [1.807, 2.05) is 27.7 Å². The first-order chi connectivity index (χ1) is 9.37.